The fraction of sp³-hybridized carbons (Fsp3) is 0.250. The normalized spacial score (nSPS) is 8.33. The predicted molar refractivity (Wildman–Crippen MR) is 61.0 cm³/mol. The summed E-state index contributed by atoms with van der Waals surface area (Å²) in [5, 5.41) is 0. The van der Waals surface area contributed by atoms with E-state index in [2.05, 4.69) is 43.5 Å². The van der Waals surface area contributed by atoms with Gasteiger partial charge in [-0.25, -0.2) is 4.98 Å². The Morgan fingerprint density at radius 3 is 2.25 bits per heavy atom. The van der Waals surface area contributed by atoms with Crippen molar-refractivity contribution in [3.63, 3.8) is 0 Å². The summed E-state index contributed by atoms with van der Waals surface area (Å²) in [5.41, 5.74) is 0. The van der Waals surface area contributed by atoms with Crippen LogP contribution in [0.25, 0.3) is 0 Å². The number of ketones is 1. The van der Waals surface area contributed by atoms with Gasteiger partial charge in [0.15, 0.2) is 0 Å². The van der Waals surface area contributed by atoms with Crippen LogP contribution < -0.4 is 0 Å². The van der Waals surface area contributed by atoms with Gasteiger partial charge in [-0.2, -0.15) is 0 Å². The number of carbonyl (C=O) groups is 1. The summed E-state index contributed by atoms with van der Waals surface area (Å²) in [7, 11) is 0. The van der Waals surface area contributed by atoms with Gasteiger partial charge in [-0.05, 0) is 64.5 Å². The molecule has 0 aromatic carbocycles. The van der Waals surface area contributed by atoms with Crippen molar-refractivity contribution in [1.29, 1.82) is 0 Å². The van der Waals surface area contributed by atoms with Gasteiger partial charge in [0, 0.05) is 10.7 Å². The molecule has 0 N–H and O–H groups in total. The first kappa shape index (κ1) is 12.0. The highest BCUT2D eigenvalue weighted by molar-refractivity contribution is 14.1. The van der Waals surface area contributed by atoms with E-state index in [1.165, 1.54) is 13.8 Å². The van der Waals surface area contributed by atoms with Gasteiger partial charge in [0.05, 0.1) is 0 Å². The van der Waals surface area contributed by atoms with Gasteiger partial charge >= 0.3 is 0 Å². The van der Waals surface area contributed by atoms with Crippen molar-refractivity contribution in [3.05, 3.63) is 26.5 Å². The van der Waals surface area contributed by atoms with E-state index in [0.717, 1.165) is 8.17 Å². The molecule has 0 saturated heterocycles. The van der Waals surface area contributed by atoms with Gasteiger partial charge in [0.1, 0.15) is 9.48 Å². The highest BCUT2D eigenvalue weighted by Crippen LogP contribution is 2.07. The smallest absolute Gasteiger partial charge is 0.126 e. The van der Waals surface area contributed by atoms with E-state index in [0.29, 0.717) is 0 Å². The van der Waals surface area contributed by atoms with E-state index < -0.39 is 0 Å². The lowest BCUT2D eigenvalue weighted by atomic mass is 10.5. The standard InChI is InChI=1S/C5H3BrIN.C3H6O/c6-4-1-2-5(7)8-3-4;1-3(2)4/h1-3H;1-2H3/i;3+2. The van der Waals surface area contributed by atoms with E-state index in [-0.39, 0.29) is 5.78 Å². The van der Waals surface area contributed by atoms with Crippen molar-refractivity contribution >= 4 is 44.3 Å². The molecule has 0 radical (unpaired) electrons. The van der Waals surface area contributed by atoms with Crippen molar-refractivity contribution in [2.75, 3.05) is 0 Å². The number of pyridine rings is 1. The van der Waals surface area contributed by atoms with Crippen LogP contribution in [0.4, 0.5) is 0 Å². The molecule has 0 fully saturated rings. The van der Waals surface area contributed by atoms with Crippen molar-refractivity contribution in [2.24, 2.45) is 0 Å². The number of halogens is 2. The molecule has 0 saturated carbocycles. The number of hydrogen-bond acceptors (Lipinski definition) is 2. The molecule has 66 valence electrons. The molecule has 1 aromatic rings. The summed E-state index contributed by atoms with van der Waals surface area (Å²) in [6.45, 7) is 3.06. The molecule has 0 atom stereocenters. The molecule has 12 heavy (non-hydrogen) atoms. The van der Waals surface area contributed by atoms with Crippen LogP contribution >= 0.6 is 38.5 Å². The summed E-state index contributed by atoms with van der Waals surface area (Å²) in [6, 6.07) is 3.92. The van der Waals surface area contributed by atoms with Gasteiger partial charge in [0.25, 0.3) is 0 Å². The lowest BCUT2D eigenvalue weighted by molar-refractivity contribution is -0.114. The van der Waals surface area contributed by atoms with Crippen LogP contribution in [0.15, 0.2) is 22.8 Å². The van der Waals surface area contributed by atoms with Crippen LogP contribution in [0.3, 0.4) is 0 Å². The summed E-state index contributed by atoms with van der Waals surface area (Å²) in [6.07, 6.45) is 1.78. The number of rotatable bonds is 0. The van der Waals surface area contributed by atoms with Gasteiger partial charge in [-0.15, -0.1) is 0 Å². The minimum Gasteiger partial charge on any atom is -0.300 e. The van der Waals surface area contributed by atoms with Gasteiger partial charge in [-0.1, -0.05) is 0 Å². The summed E-state index contributed by atoms with van der Waals surface area (Å²) in [4.78, 5) is 13.5. The van der Waals surface area contributed by atoms with Gasteiger partial charge in [-0.3, -0.25) is 0 Å². The molecule has 0 aliphatic rings. The number of carbonyl (C=O) groups excluding carboxylic acids is 1. The maximum atomic E-state index is 9.44. The predicted octanol–water partition coefficient (Wildman–Crippen LogP) is 3.04. The van der Waals surface area contributed by atoms with Crippen LogP contribution in [-0.2, 0) is 4.79 Å². The Hall–Kier alpha value is 0.0300. The third-order valence-corrected chi connectivity index (χ3v) is 1.80. The summed E-state index contributed by atoms with van der Waals surface area (Å²) >= 11 is 5.44. The second-order valence-corrected chi connectivity index (χ2v) is 4.23. The second kappa shape index (κ2) is 6.54. The summed E-state index contributed by atoms with van der Waals surface area (Å²) < 4.78 is 2.05. The maximum absolute atomic E-state index is 9.44. The third kappa shape index (κ3) is 8.13. The highest BCUT2D eigenvalue weighted by Gasteiger charge is 1.84. The topological polar surface area (TPSA) is 30.0 Å². The van der Waals surface area contributed by atoms with E-state index in [4.69, 9.17) is 0 Å². The molecule has 0 spiro atoms. The zero-order valence-electron chi connectivity index (χ0n) is 6.84. The molecular weight excluding hydrogens is 335 g/mol. The Kier molecular flexibility index (Phi) is 6.55. The molecule has 1 aromatic heterocycles. The molecule has 0 bridgehead atoms. The largest absolute Gasteiger partial charge is 0.300 e. The number of Topliss-reactive ketones (excluding diaryl/α,β-unsaturated/α-hetero) is 1. The van der Waals surface area contributed by atoms with Crippen LogP contribution in [-0.4, -0.2) is 10.8 Å². The van der Waals surface area contributed by atoms with Crippen molar-refractivity contribution in [3.8, 4) is 0 Å². The van der Waals surface area contributed by atoms with Gasteiger partial charge < -0.3 is 4.79 Å². The zero-order valence-corrected chi connectivity index (χ0v) is 10.6. The molecule has 0 unspecified atom stereocenters. The highest BCUT2D eigenvalue weighted by atomic mass is 127. The second-order valence-electron chi connectivity index (χ2n) is 2.21. The average molecular weight is 344 g/mol. The molecule has 1 rings (SSSR count). The number of aromatic nitrogens is 1. The maximum Gasteiger partial charge on any atom is 0.126 e. The van der Waals surface area contributed by atoms with Crippen molar-refractivity contribution < 1.29 is 4.79 Å². The molecule has 0 amide bonds. The monoisotopic (exact) mass is 343 g/mol. The van der Waals surface area contributed by atoms with E-state index >= 15 is 0 Å². The lowest BCUT2D eigenvalue weighted by Crippen LogP contribution is -1.74. The van der Waals surface area contributed by atoms with Gasteiger partial charge in [0.2, 0.25) is 0 Å². The molecular formula is C8H9BrINO. The average Bonchev–Trinajstić information content (AvgIpc) is 1.94. The Balaban J connectivity index is 0.000000261. The molecule has 0 aliphatic carbocycles. The van der Waals surface area contributed by atoms with Crippen molar-refractivity contribution in [1.82, 2.24) is 4.98 Å². The van der Waals surface area contributed by atoms with Crippen LogP contribution in [0.2, 0.25) is 0 Å². The van der Waals surface area contributed by atoms with Crippen LogP contribution in [0.5, 0.6) is 0 Å². The molecule has 0 aliphatic heterocycles. The lowest BCUT2D eigenvalue weighted by Gasteiger charge is -1.86. The van der Waals surface area contributed by atoms with E-state index in [9.17, 15) is 4.79 Å². The first-order chi connectivity index (χ1) is 5.52. The Bertz CT molecular complexity index is 223. The van der Waals surface area contributed by atoms with E-state index in [1.54, 1.807) is 6.20 Å². The minimum atomic E-state index is 0.167. The van der Waals surface area contributed by atoms with Crippen LogP contribution in [0.1, 0.15) is 13.8 Å². The van der Waals surface area contributed by atoms with Crippen molar-refractivity contribution in [2.45, 2.75) is 13.8 Å². The number of hydrogen-bond donors (Lipinski definition) is 0. The third-order valence-electron chi connectivity index (χ3n) is 0.691. The van der Waals surface area contributed by atoms with E-state index in [1.807, 2.05) is 12.1 Å². The Morgan fingerprint density at radius 1 is 1.50 bits per heavy atom. The first-order valence-corrected chi connectivity index (χ1v) is 5.14. The fourth-order valence-electron chi connectivity index (χ4n) is 0.358. The Labute approximate surface area is 94.0 Å². The SMILES string of the molecule is Brc1ccc(I)nc1.C[14C](C)=O. The summed E-state index contributed by atoms with van der Waals surface area (Å²) in [5.74, 6) is 0.167. The molecule has 4 heteroatoms. The molecule has 2 nitrogen and oxygen atoms in total. The quantitative estimate of drug-likeness (QED) is 0.535. The number of nitrogens with zero attached hydrogens (tertiary/aromatic N) is 1. The fourth-order valence-corrected chi connectivity index (χ4v) is 0.911. The Morgan fingerprint density at radius 2 is 2.00 bits per heavy atom. The molecule has 1 heterocycles. The first-order valence-electron chi connectivity index (χ1n) is 3.26. The minimum absolute atomic E-state index is 0.167. The van der Waals surface area contributed by atoms with Crippen LogP contribution in [0, 0.1) is 3.70 Å². The zero-order chi connectivity index (χ0) is 9.56.